The first-order chi connectivity index (χ1) is 7.50. The second-order valence-electron chi connectivity index (χ2n) is 4.00. The molecule has 0 unspecified atom stereocenters. The second-order valence-corrected chi connectivity index (χ2v) is 5.23. The van der Waals surface area contributed by atoms with Crippen molar-refractivity contribution < 1.29 is 4.79 Å². The molecule has 6 heteroatoms. The van der Waals surface area contributed by atoms with Crippen LogP contribution in [-0.2, 0) is 0 Å². The van der Waals surface area contributed by atoms with Gasteiger partial charge in [0.1, 0.15) is 4.88 Å². The molecule has 1 aromatic heterocycles. The second kappa shape index (κ2) is 6.93. The molecule has 1 rings (SSSR count). The van der Waals surface area contributed by atoms with Crippen LogP contribution in [0, 0.1) is 6.92 Å². The van der Waals surface area contributed by atoms with Gasteiger partial charge in [-0.2, -0.15) is 0 Å². The van der Waals surface area contributed by atoms with Crippen LogP contribution in [0.1, 0.15) is 41.4 Å². The molecule has 1 amide bonds. The van der Waals surface area contributed by atoms with E-state index in [4.69, 9.17) is 5.73 Å². The molecule has 0 saturated carbocycles. The smallest absolute Gasteiger partial charge is 0.263 e. The molecule has 4 nitrogen and oxygen atoms in total. The number of nitrogens with zero attached hydrogens (tertiary/aromatic N) is 1. The van der Waals surface area contributed by atoms with Gasteiger partial charge in [-0.3, -0.25) is 4.79 Å². The Hall–Kier alpha value is -0.650. The van der Waals surface area contributed by atoms with Crippen LogP contribution in [0.15, 0.2) is 6.20 Å². The van der Waals surface area contributed by atoms with Crippen molar-refractivity contribution in [1.29, 1.82) is 0 Å². The van der Waals surface area contributed by atoms with Gasteiger partial charge in [-0.15, -0.1) is 23.7 Å². The molecule has 1 heterocycles. The third-order valence-electron chi connectivity index (χ3n) is 2.85. The van der Waals surface area contributed by atoms with E-state index in [0.29, 0.717) is 11.4 Å². The van der Waals surface area contributed by atoms with Crippen LogP contribution in [0.25, 0.3) is 0 Å². The van der Waals surface area contributed by atoms with E-state index in [-0.39, 0.29) is 23.9 Å². The Morgan fingerprint density at radius 3 is 2.53 bits per heavy atom. The summed E-state index contributed by atoms with van der Waals surface area (Å²) in [6.07, 6.45) is 3.31. The number of rotatable bonds is 5. The fourth-order valence-electron chi connectivity index (χ4n) is 1.31. The van der Waals surface area contributed by atoms with Crippen LogP contribution in [0.2, 0.25) is 0 Å². The maximum absolute atomic E-state index is 11.7. The Labute approximate surface area is 112 Å². The van der Waals surface area contributed by atoms with Gasteiger partial charge in [0.25, 0.3) is 5.91 Å². The van der Waals surface area contributed by atoms with Gasteiger partial charge in [0.2, 0.25) is 0 Å². The van der Waals surface area contributed by atoms with Gasteiger partial charge in [-0.1, -0.05) is 13.8 Å². The minimum absolute atomic E-state index is 0. The molecular formula is C11H20ClN3OS. The number of carbonyl (C=O) groups is 1. The highest BCUT2D eigenvalue weighted by Crippen LogP contribution is 2.13. The predicted octanol–water partition coefficient (Wildman–Crippen LogP) is 2.12. The first kappa shape index (κ1) is 16.4. The third-order valence-corrected chi connectivity index (χ3v) is 3.77. The zero-order valence-corrected chi connectivity index (χ0v) is 12.1. The molecule has 0 aliphatic rings. The SMILES string of the molecule is CCC(N)(CC)CNC(=O)c1cnc(C)s1.Cl. The Morgan fingerprint density at radius 2 is 2.12 bits per heavy atom. The minimum atomic E-state index is -0.296. The fourth-order valence-corrected chi connectivity index (χ4v) is 2.00. The van der Waals surface area contributed by atoms with E-state index in [1.54, 1.807) is 6.20 Å². The summed E-state index contributed by atoms with van der Waals surface area (Å²) in [5.41, 5.74) is 5.80. The van der Waals surface area contributed by atoms with Crippen LogP contribution in [0.4, 0.5) is 0 Å². The van der Waals surface area contributed by atoms with Crippen LogP contribution < -0.4 is 11.1 Å². The van der Waals surface area contributed by atoms with Crippen LogP contribution in [0.3, 0.4) is 0 Å². The van der Waals surface area contributed by atoms with E-state index in [9.17, 15) is 4.79 Å². The van der Waals surface area contributed by atoms with Crippen molar-refractivity contribution in [2.75, 3.05) is 6.54 Å². The van der Waals surface area contributed by atoms with Gasteiger partial charge in [-0.25, -0.2) is 4.98 Å². The summed E-state index contributed by atoms with van der Waals surface area (Å²) in [5, 5.41) is 3.76. The van der Waals surface area contributed by atoms with Crippen LogP contribution in [-0.4, -0.2) is 23.0 Å². The number of nitrogens with two attached hydrogens (primary N) is 1. The minimum Gasteiger partial charge on any atom is -0.349 e. The van der Waals surface area contributed by atoms with E-state index in [2.05, 4.69) is 10.3 Å². The van der Waals surface area contributed by atoms with Crippen molar-refractivity contribution in [2.24, 2.45) is 5.73 Å². The molecule has 17 heavy (non-hydrogen) atoms. The zero-order valence-electron chi connectivity index (χ0n) is 10.4. The summed E-state index contributed by atoms with van der Waals surface area (Å²) in [5.74, 6) is -0.0812. The van der Waals surface area contributed by atoms with Crippen molar-refractivity contribution in [1.82, 2.24) is 10.3 Å². The largest absolute Gasteiger partial charge is 0.349 e. The molecule has 0 spiro atoms. The van der Waals surface area contributed by atoms with Crippen LogP contribution in [0.5, 0.6) is 0 Å². The standard InChI is InChI=1S/C11H19N3OS.ClH/c1-4-11(12,5-2)7-14-10(15)9-6-13-8(3)16-9;/h6H,4-5,7,12H2,1-3H3,(H,14,15);1H. The first-order valence-electron chi connectivity index (χ1n) is 5.50. The topological polar surface area (TPSA) is 68.0 Å². The molecule has 0 atom stereocenters. The lowest BCUT2D eigenvalue weighted by molar-refractivity contribution is 0.0946. The highest BCUT2D eigenvalue weighted by Gasteiger charge is 2.21. The van der Waals surface area contributed by atoms with Gasteiger partial charge in [0, 0.05) is 12.1 Å². The molecular weight excluding hydrogens is 258 g/mol. The quantitative estimate of drug-likeness (QED) is 0.866. The maximum Gasteiger partial charge on any atom is 0.263 e. The molecule has 98 valence electrons. The average Bonchev–Trinajstić information content (AvgIpc) is 2.72. The van der Waals surface area contributed by atoms with Gasteiger partial charge in [0.15, 0.2) is 0 Å². The first-order valence-corrected chi connectivity index (χ1v) is 6.32. The molecule has 0 aliphatic carbocycles. The molecule has 0 radical (unpaired) electrons. The number of hydrogen-bond donors (Lipinski definition) is 2. The lowest BCUT2D eigenvalue weighted by Gasteiger charge is -2.26. The van der Waals surface area contributed by atoms with Crippen molar-refractivity contribution in [2.45, 2.75) is 39.2 Å². The summed E-state index contributed by atoms with van der Waals surface area (Å²) in [7, 11) is 0. The Morgan fingerprint density at radius 1 is 1.53 bits per heavy atom. The number of thiazole rings is 1. The molecule has 0 saturated heterocycles. The van der Waals surface area contributed by atoms with Gasteiger partial charge < -0.3 is 11.1 Å². The maximum atomic E-state index is 11.7. The summed E-state index contributed by atoms with van der Waals surface area (Å²) in [4.78, 5) is 16.4. The van der Waals surface area contributed by atoms with E-state index < -0.39 is 0 Å². The van der Waals surface area contributed by atoms with Crippen molar-refractivity contribution in [3.8, 4) is 0 Å². The fraction of sp³-hybridized carbons (Fsp3) is 0.636. The van der Waals surface area contributed by atoms with Gasteiger partial charge in [-0.05, 0) is 19.8 Å². The molecule has 1 aromatic rings. The Kier molecular flexibility index (Phi) is 6.67. The Bertz CT molecular complexity index is 363. The molecule has 0 bridgehead atoms. The van der Waals surface area contributed by atoms with E-state index >= 15 is 0 Å². The molecule has 0 fully saturated rings. The number of aromatic nitrogens is 1. The number of nitrogens with one attached hydrogen (secondary N) is 1. The molecule has 3 N–H and O–H groups in total. The van der Waals surface area contributed by atoms with Crippen molar-refractivity contribution in [3.63, 3.8) is 0 Å². The summed E-state index contributed by atoms with van der Waals surface area (Å²) < 4.78 is 0. The Balaban J connectivity index is 0.00000256. The number of carbonyl (C=O) groups excluding carboxylic acids is 1. The number of amides is 1. The van der Waals surface area contributed by atoms with Crippen molar-refractivity contribution in [3.05, 3.63) is 16.1 Å². The van der Waals surface area contributed by atoms with E-state index in [1.165, 1.54) is 11.3 Å². The van der Waals surface area contributed by atoms with Crippen LogP contribution >= 0.6 is 23.7 Å². The lowest BCUT2D eigenvalue weighted by Crippen LogP contribution is -2.49. The zero-order chi connectivity index (χ0) is 12.2. The lowest BCUT2D eigenvalue weighted by atomic mass is 9.94. The molecule has 0 aliphatic heterocycles. The van der Waals surface area contributed by atoms with Crippen molar-refractivity contribution >= 4 is 29.7 Å². The summed E-state index contributed by atoms with van der Waals surface area (Å²) >= 11 is 1.40. The third kappa shape index (κ3) is 4.61. The van der Waals surface area contributed by atoms with E-state index in [0.717, 1.165) is 17.8 Å². The number of hydrogen-bond acceptors (Lipinski definition) is 4. The average molecular weight is 278 g/mol. The van der Waals surface area contributed by atoms with Gasteiger partial charge >= 0.3 is 0 Å². The number of halogens is 1. The highest BCUT2D eigenvalue weighted by atomic mass is 35.5. The monoisotopic (exact) mass is 277 g/mol. The highest BCUT2D eigenvalue weighted by molar-refractivity contribution is 7.13. The normalized spacial score (nSPS) is 10.8. The molecule has 0 aromatic carbocycles. The summed E-state index contributed by atoms with van der Waals surface area (Å²) in [6.45, 7) is 6.46. The van der Waals surface area contributed by atoms with Gasteiger partial charge in [0.05, 0.1) is 11.2 Å². The number of aryl methyl sites for hydroxylation is 1. The summed E-state index contributed by atoms with van der Waals surface area (Å²) in [6, 6.07) is 0. The van der Waals surface area contributed by atoms with E-state index in [1.807, 2.05) is 20.8 Å². The predicted molar refractivity (Wildman–Crippen MR) is 73.9 cm³/mol.